The van der Waals surface area contributed by atoms with Gasteiger partial charge in [-0.05, 0) is 26.7 Å². The zero-order valence-electron chi connectivity index (χ0n) is 16.1. The number of aromatic nitrogens is 3. The van der Waals surface area contributed by atoms with Crippen LogP contribution in [0.3, 0.4) is 0 Å². The highest BCUT2D eigenvalue weighted by molar-refractivity contribution is 7.93. The number of carbonyl (C=O) groups excluding carboxylic acids is 2. The van der Waals surface area contributed by atoms with Crippen molar-refractivity contribution in [3.63, 3.8) is 0 Å². The summed E-state index contributed by atoms with van der Waals surface area (Å²) in [6.45, 7) is 4.40. The summed E-state index contributed by atoms with van der Waals surface area (Å²) >= 11 is 1.02. The highest BCUT2D eigenvalue weighted by Gasteiger charge is 2.40. The van der Waals surface area contributed by atoms with Gasteiger partial charge in [-0.1, -0.05) is 0 Å². The van der Waals surface area contributed by atoms with Crippen LogP contribution in [0.15, 0.2) is 4.21 Å². The summed E-state index contributed by atoms with van der Waals surface area (Å²) in [4.78, 5) is 28.5. The Balaban J connectivity index is 1.92. The van der Waals surface area contributed by atoms with Gasteiger partial charge in [0.2, 0.25) is 0 Å². The lowest BCUT2D eigenvalue weighted by Gasteiger charge is -2.25. The number of esters is 1. The Bertz CT molecular complexity index is 1080. The topological polar surface area (TPSA) is 117 Å². The molecule has 29 heavy (non-hydrogen) atoms. The molecule has 1 saturated heterocycles. The summed E-state index contributed by atoms with van der Waals surface area (Å²) in [7, 11) is -3.70. The molecule has 0 aromatic carbocycles. The van der Waals surface area contributed by atoms with Crippen molar-refractivity contribution in [2.45, 2.75) is 49.1 Å². The van der Waals surface area contributed by atoms with E-state index in [1.807, 2.05) is 0 Å². The molecule has 4 heterocycles. The van der Waals surface area contributed by atoms with Gasteiger partial charge in [0.25, 0.3) is 0 Å². The van der Waals surface area contributed by atoms with Crippen molar-refractivity contribution in [3.8, 4) is 11.4 Å². The molecule has 0 N–H and O–H groups in total. The number of thiazole rings is 1. The van der Waals surface area contributed by atoms with Crippen LogP contribution < -0.4 is 0 Å². The first-order valence-electron chi connectivity index (χ1n) is 9.40. The van der Waals surface area contributed by atoms with Crippen LogP contribution in [0, 0.1) is 0 Å². The highest BCUT2D eigenvalue weighted by Crippen LogP contribution is 2.44. The minimum Gasteiger partial charge on any atom is -0.461 e. The minimum absolute atomic E-state index is 0.0173. The molecular weight excluding hydrogens is 418 g/mol. The van der Waals surface area contributed by atoms with Gasteiger partial charge in [-0.2, -0.15) is 5.10 Å². The smallest absolute Gasteiger partial charge is 0.359 e. The van der Waals surface area contributed by atoms with Gasteiger partial charge in [0.05, 0.1) is 30.5 Å². The SMILES string of the molecule is CCOC(=O)c1nn(C2CCOCC2)c2c1CS(=O)(=O)c1sc(CC(C)=O)nc1-2. The molecule has 0 radical (unpaired) electrons. The fourth-order valence-corrected chi connectivity index (χ4v) is 6.73. The lowest BCUT2D eigenvalue weighted by Crippen LogP contribution is -2.22. The monoisotopic (exact) mass is 439 g/mol. The average Bonchev–Trinajstić information content (AvgIpc) is 3.24. The molecule has 0 spiro atoms. The van der Waals surface area contributed by atoms with Crippen LogP contribution in [0.2, 0.25) is 0 Å². The van der Waals surface area contributed by atoms with Crippen molar-refractivity contribution in [2.24, 2.45) is 0 Å². The molecule has 0 atom stereocenters. The van der Waals surface area contributed by atoms with Crippen LogP contribution in [0.5, 0.6) is 0 Å². The van der Waals surface area contributed by atoms with Gasteiger partial charge in [-0.25, -0.2) is 18.2 Å². The summed E-state index contributed by atoms with van der Waals surface area (Å²) in [5, 5.41) is 4.93. The molecule has 1 fully saturated rings. The molecule has 0 saturated carbocycles. The van der Waals surface area contributed by atoms with E-state index in [0.29, 0.717) is 42.3 Å². The third kappa shape index (κ3) is 3.62. The van der Waals surface area contributed by atoms with E-state index >= 15 is 0 Å². The largest absolute Gasteiger partial charge is 0.461 e. The number of sulfone groups is 1. The Hall–Kier alpha value is -2.11. The van der Waals surface area contributed by atoms with Crippen molar-refractivity contribution in [1.29, 1.82) is 0 Å². The van der Waals surface area contributed by atoms with Gasteiger partial charge in [0, 0.05) is 18.8 Å². The number of ketones is 1. The fourth-order valence-electron chi connectivity index (χ4n) is 3.67. The number of ether oxygens (including phenoxy) is 2. The molecule has 11 heteroatoms. The van der Waals surface area contributed by atoms with Crippen LogP contribution in [0.25, 0.3) is 11.4 Å². The van der Waals surface area contributed by atoms with Crippen molar-refractivity contribution in [2.75, 3.05) is 19.8 Å². The maximum absolute atomic E-state index is 12.9. The first-order valence-corrected chi connectivity index (χ1v) is 11.9. The maximum Gasteiger partial charge on any atom is 0.359 e. The second-order valence-electron chi connectivity index (χ2n) is 7.07. The lowest BCUT2D eigenvalue weighted by molar-refractivity contribution is -0.116. The summed E-state index contributed by atoms with van der Waals surface area (Å²) < 4.78 is 38.2. The Morgan fingerprint density at radius 3 is 2.69 bits per heavy atom. The number of Topliss-reactive ketones (excluding diaryl/α,β-unsaturated/α-hetero) is 1. The Morgan fingerprint density at radius 1 is 1.31 bits per heavy atom. The summed E-state index contributed by atoms with van der Waals surface area (Å²) in [6, 6.07) is -0.0349. The molecule has 2 aliphatic heterocycles. The Labute approximate surface area is 171 Å². The summed E-state index contributed by atoms with van der Waals surface area (Å²) in [5.41, 5.74) is 1.16. The van der Waals surface area contributed by atoms with Crippen molar-refractivity contribution in [1.82, 2.24) is 14.8 Å². The standard InChI is InChI=1S/C18H21N3O6S2/c1-3-27-17(23)14-12-9-29(24,25)18-15(19-13(28-18)8-10(2)22)16(12)21(20-14)11-4-6-26-7-5-11/h11H,3-9H2,1-2H3. The van der Waals surface area contributed by atoms with Crippen LogP contribution in [0.1, 0.15) is 53.8 Å². The first kappa shape index (κ1) is 20.2. The van der Waals surface area contributed by atoms with E-state index in [1.165, 1.54) is 6.92 Å². The maximum atomic E-state index is 12.9. The number of nitrogens with zero attached hydrogens (tertiary/aromatic N) is 3. The molecular formula is C18H21N3O6S2. The van der Waals surface area contributed by atoms with Crippen LogP contribution in [0.4, 0.5) is 0 Å². The van der Waals surface area contributed by atoms with Crippen molar-refractivity contribution in [3.05, 3.63) is 16.3 Å². The number of carbonyl (C=O) groups is 2. The molecule has 9 nitrogen and oxygen atoms in total. The van der Waals surface area contributed by atoms with Crippen molar-refractivity contribution < 1.29 is 27.5 Å². The van der Waals surface area contributed by atoms with Gasteiger partial charge in [-0.3, -0.25) is 9.48 Å². The van der Waals surface area contributed by atoms with Crippen LogP contribution in [-0.2, 0) is 36.3 Å². The third-order valence-electron chi connectivity index (χ3n) is 4.90. The lowest BCUT2D eigenvalue weighted by atomic mass is 10.1. The van der Waals surface area contributed by atoms with Crippen molar-refractivity contribution >= 4 is 32.9 Å². The third-order valence-corrected chi connectivity index (χ3v) is 8.18. The molecule has 0 bridgehead atoms. The van der Waals surface area contributed by atoms with Gasteiger partial charge in [0.1, 0.15) is 20.7 Å². The Morgan fingerprint density at radius 2 is 2.03 bits per heavy atom. The molecule has 2 aromatic rings. The van der Waals surface area contributed by atoms with E-state index in [-0.39, 0.29) is 46.2 Å². The number of hydrogen-bond donors (Lipinski definition) is 0. The first-order chi connectivity index (χ1) is 13.8. The van der Waals surface area contributed by atoms with Gasteiger partial charge in [0.15, 0.2) is 15.5 Å². The van der Waals surface area contributed by atoms with E-state index in [4.69, 9.17) is 9.47 Å². The summed E-state index contributed by atoms with van der Waals surface area (Å²) in [6.07, 6.45) is 1.46. The van der Waals surface area contributed by atoms with Crippen LogP contribution >= 0.6 is 11.3 Å². The fraction of sp³-hybridized carbons (Fsp3) is 0.556. The molecule has 0 unspecified atom stereocenters. The molecule has 0 amide bonds. The summed E-state index contributed by atoms with van der Waals surface area (Å²) in [5.74, 6) is -1.08. The van der Waals surface area contributed by atoms with E-state index in [0.717, 1.165) is 11.3 Å². The second-order valence-corrected chi connectivity index (χ2v) is 10.3. The van der Waals surface area contributed by atoms with Gasteiger partial charge < -0.3 is 9.47 Å². The predicted molar refractivity (Wildman–Crippen MR) is 104 cm³/mol. The van der Waals surface area contributed by atoms with Crippen LogP contribution in [-0.4, -0.2) is 54.8 Å². The van der Waals surface area contributed by atoms with E-state index < -0.39 is 15.8 Å². The quantitative estimate of drug-likeness (QED) is 0.649. The highest BCUT2D eigenvalue weighted by atomic mass is 32.2. The number of hydrogen-bond acceptors (Lipinski definition) is 9. The van der Waals surface area contributed by atoms with Gasteiger partial charge >= 0.3 is 5.97 Å². The zero-order valence-corrected chi connectivity index (χ0v) is 17.8. The number of fused-ring (bicyclic) bond motifs is 3. The molecule has 4 rings (SSSR count). The average molecular weight is 440 g/mol. The second kappa shape index (κ2) is 7.62. The minimum atomic E-state index is -3.70. The Kier molecular flexibility index (Phi) is 5.30. The zero-order chi connectivity index (χ0) is 20.8. The molecule has 156 valence electrons. The van der Waals surface area contributed by atoms with Gasteiger partial charge in [-0.15, -0.1) is 11.3 Å². The molecule has 2 aromatic heterocycles. The number of rotatable bonds is 5. The molecule has 2 aliphatic rings. The molecule has 0 aliphatic carbocycles. The van der Waals surface area contributed by atoms with E-state index in [1.54, 1.807) is 11.6 Å². The predicted octanol–water partition coefficient (Wildman–Crippen LogP) is 1.95. The van der Waals surface area contributed by atoms with E-state index in [2.05, 4.69) is 10.1 Å². The normalized spacial score (nSPS) is 18.1. The van der Waals surface area contributed by atoms with E-state index in [9.17, 15) is 18.0 Å².